The van der Waals surface area contributed by atoms with Crippen molar-refractivity contribution in [3.8, 4) is 6.07 Å². The average Bonchev–Trinajstić information content (AvgIpc) is 2.77. The fourth-order valence-corrected chi connectivity index (χ4v) is 1.08. The van der Waals surface area contributed by atoms with Crippen LogP contribution in [-0.4, -0.2) is 11.6 Å². The van der Waals surface area contributed by atoms with Crippen LogP contribution >= 0.6 is 0 Å². The van der Waals surface area contributed by atoms with Crippen molar-refractivity contribution < 1.29 is 9.21 Å². The number of hydrogen-bond acceptors (Lipinski definition) is 4. The topological polar surface area (TPSA) is 78.4 Å². The van der Waals surface area contributed by atoms with Crippen molar-refractivity contribution in [2.24, 2.45) is 5.10 Å². The third-order valence-corrected chi connectivity index (χ3v) is 1.92. The minimum atomic E-state index is -0.389. The number of carbonyl (C=O) groups excluding carboxylic acids is 1. The van der Waals surface area contributed by atoms with Gasteiger partial charge in [0.2, 0.25) is 0 Å². The SMILES string of the molecule is CC(CCc1ccco1)=NNC(=O)CC#N. The van der Waals surface area contributed by atoms with Crippen molar-refractivity contribution in [1.82, 2.24) is 5.43 Å². The van der Waals surface area contributed by atoms with Gasteiger partial charge in [-0.2, -0.15) is 10.4 Å². The molecule has 0 aromatic carbocycles. The number of hydrogen-bond donors (Lipinski definition) is 1. The number of nitrogens with one attached hydrogen (secondary N) is 1. The number of rotatable bonds is 5. The van der Waals surface area contributed by atoms with Crippen LogP contribution in [0.3, 0.4) is 0 Å². The molecule has 16 heavy (non-hydrogen) atoms. The summed E-state index contributed by atoms with van der Waals surface area (Å²) in [5, 5.41) is 12.1. The van der Waals surface area contributed by atoms with Gasteiger partial charge in [0, 0.05) is 12.1 Å². The molecule has 0 aliphatic heterocycles. The second-order valence-corrected chi connectivity index (χ2v) is 3.30. The normalized spacial score (nSPS) is 10.9. The zero-order valence-corrected chi connectivity index (χ0v) is 9.06. The lowest BCUT2D eigenvalue weighted by Crippen LogP contribution is -2.18. The summed E-state index contributed by atoms with van der Waals surface area (Å²) in [5.74, 6) is 0.498. The first kappa shape index (κ1) is 12.0. The fraction of sp³-hybridized carbons (Fsp3) is 0.364. The Hall–Kier alpha value is -2.09. The van der Waals surface area contributed by atoms with Gasteiger partial charge in [0.1, 0.15) is 12.2 Å². The number of furan rings is 1. The van der Waals surface area contributed by atoms with E-state index in [1.54, 1.807) is 12.3 Å². The highest BCUT2D eigenvalue weighted by atomic mass is 16.3. The van der Waals surface area contributed by atoms with E-state index in [2.05, 4.69) is 10.5 Å². The summed E-state index contributed by atoms with van der Waals surface area (Å²) in [7, 11) is 0. The smallest absolute Gasteiger partial charge is 0.254 e. The first-order valence-electron chi connectivity index (χ1n) is 4.93. The Bertz CT molecular complexity index is 401. The third kappa shape index (κ3) is 4.42. The highest BCUT2D eigenvalue weighted by molar-refractivity contribution is 5.84. The van der Waals surface area contributed by atoms with Gasteiger partial charge in [0.15, 0.2) is 0 Å². The fourth-order valence-electron chi connectivity index (χ4n) is 1.08. The molecular formula is C11H13N3O2. The summed E-state index contributed by atoms with van der Waals surface area (Å²) in [6.07, 6.45) is 2.91. The van der Waals surface area contributed by atoms with Crippen molar-refractivity contribution in [2.45, 2.75) is 26.2 Å². The Kier molecular flexibility index (Phi) is 4.80. The van der Waals surface area contributed by atoms with Crippen molar-refractivity contribution in [2.75, 3.05) is 0 Å². The Balaban J connectivity index is 2.29. The number of nitrogens with zero attached hydrogens (tertiary/aromatic N) is 2. The van der Waals surface area contributed by atoms with E-state index >= 15 is 0 Å². The molecular weight excluding hydrogens is 206 g/mol. The quantitative estimate of drug-likeness (QED) is 0.603. The van der Waals surface area contributed by atoms with Crippen LogP contribution in [-0.2, 0) is 11.2 Å². The summed E-state index contributed by atoms with van der Waals surface area (Å²) >= 11 is 0. The third-order valence-electron chi connectivity index (χ3n) is 1.92. The maximum absolute atomic E-state index is 10.9. The lowest BCUT2D eigenvalue weighted by atomic mass is 10.2. The van der Waals surface area contributed by atoms with E-state index in [-0.39, 0.29) is 12.3 Å². The molecule has 0 spiro atoms. The van der Waals surface area contributed by atoms with Crippen LogP contribution in [0.4, 0.5) is 0 Å². The van der Waals surface area contributed by atoms with Gasteiger partial charge in [-0.25, -0.2) is 5.43 Å². The molecule has 0 fully saturated rings. The van der Waals surface area contributed by atoms with E-state index in [0.717, 1.165) is 17.9 Å². The second kappa shape index (κ2) is 6.40. The van der Waals surface area contributed by atoms with Crippen molar-refractivity contribution in [1.29, 1.82) is 5.26 Å². The summed E-state index contributed by atoms with van der Waals surface area (Å²) in [5.41, 5.74) is 3.10. The molecule has 0 atom stereocenters. The highest BCUT2D eigenvalue weighted by Gasteiger charge is 2.00. The van der Waals surface area contributed by atoms with E-state index in [1.807, 2.05) is 19.1 Å². The van der Waals surface area contributed by atoms with E-state index < -0.39 is 0 Å². The predicted octanol–water partition coefficient (Wildman–Crippen LogP) is 1.62. The van der Waals surface area contributed by atoms with E-state index in [0.29, 0.717) is 6.42 Å². The molecule has 1 aromatic rings. The highest BCUT2D eigenvalue weighted by Crippen LogP contribution is 2.03. The molecule has 0 unspecified atom stereocenters. The average molecular weight is 219 g/mol. The van der Waals surface area contributed by atoms with Gasteiger partial charge in [-0.15, -0.1) is 0 Å². The van der Waals surface area contributed by atoms with Gasteiger partial charge in [0.25, 0.3) is 5.91 Å². The molecule has 0 bridgehead atoms. The molecule has 5 heteroatoms. The predicted molar refractivity (Wildman–Crippen MR) is 58.5 cm³/mol. The molecule has 0 saturated carbocycles. The molecule has 1 heterocycles. The van der Waals surface area contributed by atoms with Gasteiger partial charge >= 0.3 is 0 Å². The van der Waals surface area contributed by atoms with E-state index in [4.69, 9.17) is 9.68 Å². The number of hydrazone groups is 1. The molecule has 0 saturated heterocycles. The second-order valence-electron chi connectivity index (χ2n) is 3.30. The van der Waals surface area contributed by atoms with Gasteiger partial charge in [0.05, 0.1) is 12.3 Å². The lowest BCUT2D eigenvalue weighted by molar-refractivity contribution is -0.120. The van der Waals surface area contributed by atoms with E-state index in [1.165, 1.54) is 0 Å². The van der Waals surface area contributed by atoms with Crippen molar-refractivity contribution in [3.63, 3.8) is 0 Å². The monoisotopic (exact) mass is 219 g/mol. The Morgan fingerprint density at radius 3 is 3.12 bits per heavy atom. The first-order valence-corrected chi connectivity index (χ1v) is 4.93. The molecule has 0 aliphatic carbocycles. The maximum atomic E-state index is 10.9. The molecule has 0 aliphatic rings. The molecule has 5 nitrogen and oxygen atoms in total. The van der Waals surface area contributed by atoms with Crippen LogP contribution in [0.1, 0.15) is 25.5 Å². The minimum Gasteiger partial charge on any atom is -0.469 e. The molecule has 0 radical (unpaired) electrons. The Labute approximate surface area is 93.7 Å². The summed E-state index contributed by atoms with van der Waals surface area (Å²) < 4.78 is 5.16. The summed E-state index contributed by atoms with van der Waals surface area (Å²) in [4.78, 5) is 10.9. The van der Waals surface area contributed by atoms with Gasteiger partial charge < -0.3 is 4.42 Å². The molecule has 1 rings (SSSR count). The zero-order valence-electron chi connectivity index (χ0n) is 9.06. The molecule has 1 N–H and O–H groups in total. The number of carbonyl (C=O) groups is 1. The Morgan fingerprint density at radius 1 is 1.69 bits per heavy atom. The summed E-state index contributed by atoms with van der Waals surface area (Å²) in [6.45, 7) is 1.82. The van der Waals surface area contributed by atoms with Crippen molar-refractivity contribution >= 4 is 11.6 Å². The maximum Gasteiger partial charge on any atom is 0.254 e. The van der Waals surface area contributed by atoms with E-state index in [9.17, 15) is 4.79 Å². The molecule has 1 amide bonds. The van der Waals surface area contributed by atoms with Gasteiger partial charge in [-0.3, -0.25) is 4.79 Å². The van der Waals surface area contributed by atoms with Crippen LogP contribution in [0.2, 0.25) is 0 Å². The minimum absolute atomic E-state index is 0.172. The van der Waals surface area contributed by atoms with Crippen molar-refractivity contribution in [3.05, 3.63) is 24.2 Å². The zero-order chi connectivity index (χ0) is 11.8. The van der Waals surface area contributed by atoms with Crippen LogP contribution < -0.4 is 5.43 Å². The Morgan fingerprint density at radius 2 is 2.50 bits per heavy atom. The standard InChI is InChI=1S/C11H13N3O2/c1-9(13-14-11(15)6-7-12)4-5-10-3-2-8-16-10/h2-3,8H,4-6H2,1H3,(H,14,15). The molecule has 1 aromatic heterocycles. The first-order chi connectivity index (χ1) is 7.72. The van der Waals surface area contributed by atoms with Crippen LogP contribution in [0, 0.1) is 11.3 Å². The van der Waals surface area contributed by atoms with Crippen LogP contribution in [0.5, 0.6) is 0 Å². The van der Waals surface area contributed by atoms with Gasteiger partial charge in [-0.05, 0) is 25.5 Å². The largest absolute Gasteiger partial charge is 0.469 e. The number of nitriles is 1. The van der Waals surface area contributed by atoms with Crippen LogP contribution in [0.25, 0.3) is 0 Å². The van der Waals surface area contributed by atoms with Crippen LogP contribution in [0.15, 0.2) is 27.9 Å². The lowest BCUT2D eigenvalue weighted by Gasteiger charge is -1.99. The number of aryl methyl sites for hydroxylation is 1. The molecule has 84 valence electrons. The summed E-state index contributed by atoms with van der Waals surface area (Å²) in [6, 6.07) is 5.47. The van der Waals surface area contributed by atoms with Gasteiger partial charge in [-0.1, -0.05) is 0 Å². The number of amides is 1.